The first-order valence-corrected chi connectivity index (χ1v) is 10.8. The van der Waals surface area contributed by atoms with Gasteiger partial charge >= 0.3 is 0 Å². The minimum atomic E-state index is -0.138. The van der Waals surface area contributed by atoms with Gasteiger partial charge in [0.15, 0.2) is 0 Å². The second-order valence-electron chi connectivity index (χ2n) is 7.90. The Morgan fingerprint density at radius 3 is 2.46 bits per heavy atom. The highest BCUT2D eigenvalue weighted by Crippen LogP contribution is 2.27. The minimum Gasteiger partial charge on any atom is -0.206 e. The molecule has 1 aliphatic rings. The molecule has 146 valence electrons. The van der Waals surface area contributed by atoms with Crippen molar-refractivity contribution in [1.82, 2.24) is 0 Å². The second kappa shape index (κ2) is 10.3. The van der Waals surface area contributed by atoms with E-state index in [0.29, 0.717) is 5.56 Å². The van der Waals surface area contributed by atoms with Crippen molar-refractivity contribution < 1.29 is 4.39 Å². The molecule has 0 aliphatic heterocycles. The van der Waals surface area contributed by atoms with Crippen LogP contribution in [0.3, 0.4) is 0 Å². The average molecular weight is 375 g/mol. The lowest BCUT2D eigenvalue weighted by Crippen LogP contribution is -2.04. The van der Waals surface area contributed by atoms with Gasteiger partial charge in [-0.2, -0.15) is 0 Å². The quantitative estimate of drug-likeness (QED) is 0.454. The monoisotopic (exact) mass is 374 g/mol. The van der Waals surface area contributed by atoms with Gasteiger partial charge in [0.05, 0.1) is 0 Å². The van der Waals surface area contributed by atoms with Crippen molar-refractivity contribution in [2.45, 2.75) is 65.2 Å². The zero-order valence-corrected chi connectivity index (χ0v) is 17.2. The summed E-state index contributed by atoms with van der Waals surface area (Å²) in [7, 11) is 0. The molecule has 2 aromatic carbocycles. The summed E-state index contributed by atoms with van der Waals surface area (Å²) in [5.74, 6) is 7.32. The zero-order chi connectivity index (χ0) is 19.8. The first-order valence-electron chi connectivity index (χ1n) is 10.8. The molecule has 0 N–H and O–H groups in total. The van der Waals surface area contributed by atoms with E-state index in [0.717, 1.165) is 48.3 Å². The van der Waals surface area contributed by atoms with Crippen LogP contribution in [0.1, 0.15) is 69.9 Å². The van der Waals surface area contributed by atoms with Crippen LogP contribution in [0.25, 0.3) is 11.1 Å². The summed E-state index contributed by atoms with van der Waals surface area (Å²) < 4.78 is 14.5. The van der Waals surface area contributed by atoms with E-state index in [1.165, 1.54) is 31.3 Å². The molecule has 0 heterocycles. The number of aryl methyl sites for hydroxylation is 1. The van der Waals surface area contributed by atoms with E-state index in [-0.39, 0.29) is 5.82 Å². The summed E-state index contributed by atoms with van der Waals surface area (Å²) in [4.78, 5) is 0. The number of hydrogen-bond acceptors (Lipinski definition) is 0. The fourth-order valence-electron chi connectivity index (χ4n) is 3.89. The van der Waals surface area contributed by atoms with Crippen LogP contribution in [0.15, 0.2) is 54.1 Å². The Morgan fingerprint density at radius 2 is 1.82 bits per heavy atom. The van der Waals surface area contributed by atoms with Gasteiger partial charge in [-0.25, -0.2) is 4.39 Å². The van der Waals surface area contributed by atoms with Crippen LogP contribution < -0.4 is 0 Å². The molecule has 0 bridgehead atoms. The maximum atomic E-state index is 14.5. The van der Waals surface area contributed by atoms with E-state index in [2.05, 4.69) is 31.8 Å². The van der Waals surface area contributed by atoms with Gasteiger partial charge in [-0.15, -0.1) is 0 Å². The van der Waals surface area contributed by atoms with Gasteiger partial charge in [-0.3, -0.25) is 0 Å². The lowest BCUT2D eigenvalue weighted by Gasteiger charge is -2.18. The smallest absolute Gasteiger partial charge is 0.131 e. The third-order valence-corrected chi connectivity index (χ3v) is 5.63. The van der Waals surface area contributed by atoms with Crippen molar-refractivity contribution in [2.24, 2.45) is 5.92 Å². The van der Waals surface area contributed by atoms with Gasteiger partial charge in [0.1, 0.15) is 5.82 Å². The SMILES string of the molecule is CCCCc1ccc(-c2ccc(C#CC3=CCC(CCC)CC3)cc2)c(F)c1. The molecule has 28 heavy (non-hydrogen) atoms. The number of rotatable bonds is 6. The Balaban J connectivity index is 1.66. The van der Waals surface area contributed by atoms with Crippen LogP contribution in [-0.2, 0) is 6.42 Å². The van der Waals surface area contributed by atoms with Gasteiger partial charge < -0.3 is 0 Å². The molecule has 0 spiro atoms. The number of allylic oxidation sites excluding steroid dienone is 2. The molecular formula is C27H31F. The summed E-state index contributed by atoms with van der Waals surface area (Å²) in [5.41, 5.74) is 4.90. The van der Waals surface area contributed by atoms with Gasteiger partial charge in [0.2, 0.25) is 0 Å². The van der Waals surface area contributed by atoms with Crippen LogP contribution in [-0.4, -0.2) is 0 Å². The van der Waals surface area contributed by atoms with E-state index in [4.69, 9.17) is 0 Å². The lowest BCUT2D eigenvalue weighted by molar-refractivity contribution is 0.436. The third-order valence-electron chi connectivity index (χ3n) is 5.63. The van der Waals surface area contributed by atoms with Crippen molar-refractivity contribution in [1.29, 1.82) is 0 Å². The van der Waals surface area contributed by atoms with Crippen LogP contribution >= 0.6 is 0 Å². The van der Waals surface area contributed by atoms with Crippen molar-refractivity contribution in [3.8, 4) is 23.0 Å². The molecule has 0 amide bonds. The molecule has 1 heteroatoms. The Hall–Kier alpha value is -2.33. The van der Waals surface area contributed by atoms with Gasteiger partial charge in [0, 0.05) is 11.1 Å². The first-order chi connectivity index (χ1) is 13.7. The Labute approximate surface area is 169 Å². The predicted molar refractivity (Wildman–Crippen MR) is 118 cm³/mol. The van der Waals surface area contributed by atoms with Crippen molar-refractivity contribution in [3.63, 3.8) is 0 Å². The van der Waals surface area contributed by atoms with E-state index >= 15 is 0 Å². The fourth-order valence-corrected chi connectivity index (χ4v) is 3.89. The lowest BCUT2D eigenvalue weighted by atomic mass is 9.87. The van der Waals surface area contributed by atoms with Crippen molar-refractivity contribution in [3.05, 3.63) is 71.1 Å². The second-order valence-corrected chi connectivity index (χ2v) is 7.90. The summed E-state index contributed by atoms with van der Waals surface area (Å²) >= 11 is 0. The third kappa shape index (κ3) is 5.59. The molecule has 0 fully saturated rings. The molecule has 0 saturated heterocycles. The Morgan fingerprint density at radius 1 is 1.00 bits per heavy atom. The highest BCUT2D eigenvalue weighted by Gasteiger charge is 2.12. The number of hydrogen-bond donors (Lipinski definition) is 0. The van der Waals surface area contributed by atoms with E-state index in [1.54, 1.807) is 6.07 Å². The zero-order valence-electron chi connectivity index (χ0n) is 17.2. The molecule has 1 atom stereocenters. The van der Waals surface area contributed by atoms with Crippen LogP contribution in [0.4, 0.5) is 4.39 Å². The summed E-state index contributed by atoms with van der Waals surface area (Å²) in [6.45, 7) is 4.42. The van der Waals surface area contributed by atoms with Gasteiger partial charge in [-0.05, 0) is 72.9 Å². The van der Waals surface area contributed by atoms with Gasteiger partial charge in [-0.1, -0.05) is 75.3 Å². The molecule has 3 rings (SSSR count). The first kappa shape index (κ1) is 20.4. The molecule has 2 aromatic rings. The maximum absolute atomic E-state index is 14.5. The molecule has 1 aliphatic carbocycles. The topological polar surface area (TPSA) is 0 Å². The molecule has 0 aromatic heterocycles. The van der Waals surface area contributed by atoms with Crippen molar-refractivity contribution in [2.75, 3.05) is 0 Å². The highest BCUT2D eigenvalue weighted by molar-refractivity contribution is 5.65. The summed E-state index contributed by atoms with van der Waals surface area (Å²) in [6.07, 6.45) is 11.6. The standard InChI is InChI=1S/C27H31F/c1-3-5-7-24-16-19-26(27(28)20-24)25-17-14-23(15-18-25)13-12-22-10-8-21(6-4-2)9-11-22/h10,14-21H,3-9,11H2,1-2H3. The van der Waals surface area contributed by atoms with Crippen LogP contribution in [0.5, 0.6) is 0 Å². The van der Waals surface area contributed by atoms with Crippen molar-refractivity contribution >= 4 is 0 Å². The molecule has 0 radical (unpaired) electrons. The van der Waals surface area contributed by atoms with Crippen LogP contribution in [0.2, 0.25) is 0 Å². The largest absolute Gasteiger partial charge is 0.206 e. The van der Waals surface area contributed by atoms with Gasteiger partial charge in [0.25, 0.3) is 0 Å². The molecular weight excluding hydrogens is 343 g/mol. The molecule has 0 nitrogen and oxygen atoms in total. The molecule has 0 saturated carbocycles. The van der Waals surface area contributed by atoms with E-state index < -0.39 is 0 Å². The maximum Gasteiger partial charge on any atom is 0.131 e. The number of halogens is 1. The number of benzene rings is 2. The van der Waals surface area contributed by atoms with Crippen LogP contribution in [0, 0.1) is 23.6 Å². The van der Waals surface area contributed by atoms with E-state index in [9.17, 15) is 4.39 Å². The molecule has 1 unspecified atom stereocenters. The minimum absolute atomic E-state index is 0.138. The Kier molecular flexibility index (Phi) is 7.49. The normalized spacial score (nSPS) is 16.2. The Bertz CT molecular complexity index is 861. The predicted octanol–water partition coefficient (Wildman–Crippen LogP) is 7.71. The fraction of sp³-hybridized carbons (Fsp3) is 0.407. The average Bonchev–Trinajstić information content (AvgIpc) is 2.72. The highest BCUT2D eigenvalue weighted by atomic mass is 19.1. The van der Waals surface area contributed by atoms with E-state index in [1.807, 2.05) is 36.4 Å². The summed E-state index contributed by atoms with van der Waals surface area (Å²) in [5, 5.41) is 0. The number of unbranched alkanes of at least 4 members (excludes halogenated alkanes) is 1. The summed E-state index contributed by atoms with van der Waals surface area (Å²) in [6, 6.07) is 13.6.